The summed E-state index contributed by atoms with van der Waals surface area (Å²) in [5.41, 5.74) is 1.70. The molecule has 1 amide bonds. The van der Waals surface area contributed by atoms with Crippen LogP contribution >= 0.6 is 23.2 Å². The summed E-state index contributed by atoms with van der Waals surface area (Å²) in [6, 6.07) is 6.78. The number of rotatable bonds is 9. The number of amides is 1. The van der Waals surface area contributed by atoms with Crippen molar-refractivity contribution in [3.8, 4) is 11.8 Å². The van der Waals surface area contributed by atoms with Crippen molar-refractivity contribution in [1.29, 1.82) is 0 Å². The first-order chi connectivity index (χ1) is 19.5. The lowest BCUT2D eigenvalue weighted by Crippen LogP contribution is -3.00. The zero-order valence-corrected chi connectivity index (χ0v) is 26.1. The van der Waals surface area contributed by atoms with Gasteiger partial charge in [-0.3, -0.25) is 9.36 Å². The number of fused-ring (bicyclic) bond motifs is 1. The number of benzene rings is 1. The first kappa shape index (κ1) is 32.4. The second kappa shape index (κ2) is 13.7. The Hall–Kier alpha value is -4.09. The zero-order chi connectivity index (χ0) is 29.7. The van der Waals surface area contributed by atoms with Crippen LogP contribution in [0.15, 0.2) is 48.9 Å². The van der Waals surface area contributed by atoms with E-state index in [2.05, 4.69) is 42.4 Å². The number of hydrogen-bond donors (Lipinski definition) is 2. The van der Waals surface area contributed by atoms with Crippen LogP contribution in [0, 0.1) is 22.0 Å². The molecule has 0 radical (unpaired) electrons. The second-order valence-corrected chi connectivity index (χ2v) is 10.4. The van der Waals surface area contributed by atoms with Crippen molar-refractivity contribution in [3.05, 3.63) is 80.6 Å². The van der Waals surface area contributed by atoms with E-state index in [0.717, 1.165) is 0 Å². The lowest BCUT2D eigenvalue weighted by Gasteiger charge is -2.28. The van der Waals surface area contributed by atoms with E-state index >= 15 is 0 Å². The minimum Gasteiger partial charge on any atom is -1.00 e. The minimum atomic E-state index is -0.507. The average molecular weight is 675 g/mol. The number of pyridine rings is 1. The first-order valence-electron chi connectivity index (χ1n) is 12.2. The van der Waals surface area contributed by atoms with Crippen LogP contribution in [-0.2, 0) is 18.4 Å². The molecule has 3 heterocycles. The molecule has 0 aliphatic carbocycles. The molecule has 0 aliphatic rings. The van der Waals surface area contributed by atoms with Gasteiger partial charge in [0.2, 0.25) is 5.91 Å². The number of imidazole rings is 1. The highest BCUT2D eigenvalue weighted by atomic mass is 79.9. The highest BCUT2D eigenvalue weighted by Gasteiger charge is 2.30. The molecule has 0 atom stereocenters. The molecule has 1 aromatic carbocycles. The number of carbonyl (C=O) groups is 1. The number of nitrogens with zero attached hydrogens (tertiary/aromatic N) is 7. The standard InChI is InChI=1S/C27H25Cl2N9O3.BrH/c1-5-7-24-35-27(37(40)41)22(36(24)2)15-38(3,4)11-6-8-25(39)34-23-13-18-21(14-30-23)31-16-32-26(18)33-17-9-10-19(28)20(29)12-17;/h6,8-10,12-14,16H,11,15H2,1-4H3,(H-,30,31,32,33,34,39);1H/b8-6+;. The van der Waals surface area contributed by atoms with Gasteiger partial charge in [0, 0.05) is 24.2 Å². The molecule has 3 aromatic heterocycles. The van der Waals surface area contributed by atoms with E-state index in [9.17, 15) is 14.9 Å². The Morgan fingerprint density at radius 2 is 1.95 bits per heavy atom. The Morgan fingerprint density at radius 1 is 1.19 bits per heavy atom. The Balaban J connectivity index is 0.00000484. The molecule has 0 unspecified atom stereocenters. The summed E-state index contributed by atoms with van der Waals surface area (Å²) in [7, 11) is 5.50. The van der Waals surface area contributed by atoms with Crippen LogP contribution < -0.4 is 27.6 Å². The van der Waals surface area contributed by atoms with E-state index in [1.807, 2.05) is 14.1 Å². The van der Waals surface area contributed by atoms with Crippen molar-refractivity contribution in [1.82, 2.24) is 24.5 Å². The summed E-state index contributed by atoms with van der Waals surface area (Å²) in [5.74, 6) is 6.02. The van der Waals surface area contributed by atoms with Crippen LogP contribution in [0.5, 0.6) is 0 Å². The monoisotopic (exact) mass is 673 g/mol. The predicted molar refractivity (Wildman–Crippen MR) is 158 cm³/mol. The molecule has 0 spiro atoms. The zero-order valence-electron chi connectivity index (χ0n) is 23.0. The van der Waals surface area contributed by atoms with Crippen molar-refractivity contribution in [2.24, 2.45) is 7.05 Å². The molecule has 0 fully saturated rings. The van der Waals surface area contributed by atoms with Gasteiger partial charge in [-0.05, 0) is 53.1 Å². The van der Waals surface area contributed by atoms with Crippen LogP contribution in [0.4, 0.5) is 23.1 Å². The van der Waals surface area contributed by atoms with E-state index in [-0.39, 0.29) is 28.7 Å². The number of carbonyl (C=O) groups excluding carboxylic acids is 1. The minimum absolute atomic E-state index is 0. The van der Waals surface area contributed by atoms with Crippen molar-refractivity contribution in [3.63, 3.8) is 0 Å². The van der Waals surface area contributed by atoms with Crippen molar-refractivity contribution >= 4 is 63.2 Å². The van der Waals surface area contributed by atoms with E-state index in [1.165, 1.54) is 18.6 Å². The van der Waals surface area contributed by atoms with E-state index < -0.39 is 4.92 Å². The number of anilines is 3. The molecule has 218 valence electrons. The van der Waals surface area contributed by atoms with Crippen LogP contribution in [0.25, 0.3) is 10.9 Å². The SMILES string of the molecule is CC#Cc1nc([N+](=O)[O-])c(C[N+](C)(C)C/C=C/C(=O)Nc2cc3c(Nc4ccc(Cl)c(Cl)c4)ncnc3cn2)n1C.[Br-]. The molecule has 0 aliphatic heterocycles. The fourth-order valence-corrected chi connectivity index (χ4v) is 4.28. The maximum absolute atomic E-state index is 12.7. The van der Waals surface area contributed by atoms with Gasteiger partial charge in [0.15, 0.2) is 5.69 Å². The van der Waals surface area contributed by atoms with Crippen molar-refractivity contribution in [2.45, 2.75) is 13.5 Å². The molecule has 0 bridgehead atoms. The number of halogens is 3. The van der Waals surface area contributed by atoms with E-state index in [1.54, 1.807) is 48.9 Å². The van der Waals surface area contributed by atoms with E-state index in [0.29, 0.717) is 67.4 Å². The Labute approximate surface area is 262 Å². The maximum atomic E-state index is 12.7. The third kappa shape index (κ3) is 7.80. The molecule has 0 saturated carbocycles. The fourth-order valence-electron chi connectivity index (χ4n) is 3.98. The molecular weight excluding hydrogens is 649 g/mol. The Morgan fingerprint density at radius 3 is 2.64 bits per heavy atom. The second-order valence-electron chi connectivity index (χ2n) is 9.63. The lowest BCUT2D eigenvalue weighted by molar-refractivity contribution is -0.898. The summed E-state index contributed by atoms with van der Waals surface area (Å²) < 4.78 is 1.96. The number of hydrogen-bond acceptors (Lipinski definition) is 8. The predicted octanol–water partition coefficient (Wildman–Crippen LogP) is 1.86. The number of nitro groups is 1. The number of aromatic nitrogens is 5. The topological polar surface area (TPSA) is 141 Å². The molecule has 4 aromatic rings. The Kier molecular flexibility index (Phi) is 10.6. The molecule has 0 saturated heterocycles. The van der Waals surface area contributed by atoms with Gasteiger partial charge in [0.05, 0.1) is 42.4 Å². The van der Waals surface area contributed by atoms with Gasteiger partial charge in [-0.15, -0.1) is 0 Å². The lowest BCUT2D eigenvalue weighted by atomic mass is 10.2. The van der Waals surface area contributed by atoms with Gasteiger partial charge in [-0.2, -0.15) is 0 Å². The average Bonchev–Trinajstić information content (AvgIpc) is 3.21. The first-order valence-corrected chi connectivity index (χ1v) is 13.0. The summed E-state index contributed by atoms with van der Waals surface area (Å²) in [5, 5.41) is 18.9. The third-order valence-corrected chi connectivity index (χ3v) is 6.74. The summed E-state index contributed by atoms with van der Waals surface area (Å²) in [6.07, 6.45) is 6.04. The van der Waals surface area contributed by atoms with Crippen LogP contribution in [0.2, 0.25) is 10.0 Å². The molecule has 15 heteroatoms. The van der Waals surface area contributed by atoms with Crippen LogP contribution in [0.1, 0.15) is 18.4 Å². The number of quaternary nitrogens is 1. The van der Waals surface area contributed by atoms with Crippen molar-refractivity contribution in [2.75, 3.05) is 31.3 Å². The van der Waals surface area contributed by atoms with Crippen molar-refractivity contribution < 1.29 is 31.2 Å². The smallest absolute Gasteiger partial charge is 0.392 e. The quantitative estimate of drug-likeness (QED) is 0.0902. The van der Waals surface area contributed by atoms with Crippen LogP contribution in [0.3, 0.4) is 0 Å². The molecule has 42 heavy (non-hydrogen) atoms. The normalized spacial score (nSPS) is 11.1. The van der Waals surface area contributed by atoms with Crippen LogP contribution in [-0.4, -0.2) is 60.5 Å². The van der Waals surface area contributed by atoms with Gasteiger partial charge in [0.1, 0.15) is 24.5 Å². The van der Waals surface area contributed by atoms with Gasteiger partial charge < -0.3 is 42.2 Å². The number of likely N-dealkylation sites (N-methyl/N-ethyl adjacent to an activating group) is 1. The molecule has 2 N–H and O–H groups in total. The molecule has 4 rings (SSSR count). The fraction of sp³-hybridized carbons (Fsp3) is 0.222. The van der Waals surface area contributed by atoms with Gasteiger partial charge in [-0.1, -0.05) is 29.1 Å². The maximum Gasteiger partial charge on any atom is 0.392 e. The summed E-state index contributed by atoms with van der Waals surface area (Å²) in [6.45, 7) is 2.37. The van der Waals surface area contributed by atoms with E-state index in [4.69, 9.17) is 23.2 Å². The third-order valence-electron chi connectivity index (χ3n) is 6.00. The summed E-state index contributed by atoms with van der Waals surface area (Å²) >= 11 is 12.1. The largest absolute Gasteiger partial charge is 1.00 e. The highest BCUT2D eigenvalue weighted by molar-refractivity contribution is 6.42. The number of nitrogens with one attached hydrogen (secondary N) is 2. The molecule has 12 nitrogen and oxygen atoms in total. The van der Waals surface area contributed by atoms with Gasteiger partial charge >= 0.3 is 5.82 Å². The molecular formula is C27H26BrCl2N9O3. The summed E-state index contributed by atoms with van der Waals surface area (Å²) in [4.78, 5) is 40.6. The Bertz CT molecular complexity index is 1750. The van der Waals surface area contributed by atoms with Gasteiger partial charge in [-0.25, -0.2) is 15.0 Å². The van der Waals surface area contributed by atoms with Gasteiger partial charge in [0.25, 0.3) is 5.82 Å². The highest BCUT2D eigenvalue weighted by Crippen LogP contribution is 2.29.